The summed E-state index contributed by atoms with van der Waals surface area (Å²) in [6.45, 7) is 8.64. The average Bonchev–Trinajstić information content (AvgIpc) is 3.43. The van der Waals surface area contributed by atoms with Crippen molar-refractivity contribution in [3.63, 3.8) is 0 Å². The SMILES string of the molecule is CC[C@@]12CCC3(O1)C(C(=O)NC(C)(C)C)N(CCCCCO)C(=O)[C@@H]3[C@@H]2C(=O)NCc1ccccc1. The minimum absolute atomic E-state index is 0.0975. The molecule has 0 aliphatic carbocycles. The van der Waals surface area contributed by atoms with Crippen molar-refractivity contribution >= 4 is 17.7 Å². The fourth-order valence-corrected chi connectivity index (χ4v) is 6.56. The van der Waals surface area contributed by atoms with Gasteiger partial charge in [-0.1, -0.05) is 37.3 Å². The molecule has 2 bridgehead atoms. The Labute approximate surface area is 214 Å². The van der Waals surface area contributed by atoms with Crippen LogP contribution in [0.1, 0.15) is 71.8 Å². The van der Waals surface area contributed by atoms with Gasteiger partial charge < -0.3 is 25.4 Å². The van der Waals surface area contributed by atoms with Crippen molar-refractivity contribution in [2.45, 2.75) is 95.5 Å². The summed E-state index contributed by atoms with van der Waals surface area (Å²) in [6, 6.07) is 8.92. The fraction of sp³-hybridized carbons (Fsp3) is 0.679. The van der Waals surface area contributed by atoms with Crippen LogP contribution in [0, 0.1) is 11.8 Å². The highest BCUT2D eigenvalue weighted by Gasteiger charge is 2.78. The number of carbonyl (C=O) groups is 3. The Morgan fingerprint density at radius 2 is 1.83 bits per heavy atom. The zero-order valence-electron chi connectivity index (χ0n) is 22.0. The Bertz CT molecular complexity index is 977. The molecule has 3 aliphatic rings. The molecule has 3 amide bonds. The first-order valence-corrected chi connectivity index (χ1v) is 13.3. The van der Waals surface area contributed by atoms with Gasteiger partial charge in [-0.15, -0.1) is 0 Å². The number of carbonyl (C=O) groups excluding carboxylic acids is 3. The number of nitrogens with one attached hydrogen (secondary N) is 2. The summed E-state index contributed by atoms with van der Waals surface area (Å²) in [5.74, 6) is -1.89. The molecule has 3 aliphatic heterocycles. The van der Waals surface area contributed by atoms with E-state index in [-0.39, 0.29) is 24.3 Å². The zero-order chi connectivity index (χ0) is 26.1. The van der Waals surface area contributed by atoms with Gasteiger partial charge in [-0.2, -0.15) is 0 Å². The number of hydrogen-bond acceptors (Lipinski definition) is 5. The Morgan fingerprint density at radius 1 is 1.11 bits per heavy atom. The third-order valence-electron chi connectivity index (χ3n) is 8.08. The quantitative estimate of drug-likeness (QED) is 0.429. The minimum atomic E-state index is -1.01. The molecule has 8 heteroatoms. The zero-order valence-corrected chi connectivity index (χ0v) is 22.0. The number of unbranched alkanes of at least 4 members (excludes halogenated alkanes) is 2. The van der Waals surface area contributed by atoms with E-state index >= 15 is 0 Å². The molecule has 3 fully saturated rings. The molecular formula is C28H41N3O5. The number of fused-ring (bicyclic) bond motifs is 1. The van der Waals surface area contributed by atoms with E-state index in [4.69, 9.17) is 9.84 Å². The summed E-state index contributed by atoms with van der Waals surface area (Å²) in [6.07, 6.45) is 3.91. The predicted molar refractivity (Wildman–Crippen MR) is 136 cm³/mol. The first-order chi connectivity index (χ1) is 17.1. The molecule has 1 aromatic carbocycles. The van der Waals surface area contributed by atoms with Crippen LogP contribution in [-0.2, 0) is 25.7 Å². The van der Waals surface area contributed by atoms with Crippen molar-refractivity contribution in [3.8, 4) is 0 Å². The summed E-state index contributed by atoms with van der Waals surface area (Å²) in [7, 11) is 0. The van der Waals surface area contributed by atoms with Crippen LogP contribution in [0.15, 0.2) is 30.3 Å². The van der Waals surface area contributed by atoms with Crippen LogP contribution in [0.25, 0.3) is 0 Å². The summed E-state index contributed by atoms with van der Waals surface area (Å²) in [4.78, 5) is 43.0. The van der Waals surface area contributed by atoms with E-state index < -0.39 is 34.6 Å². The van der Waals surface area contributed by atoms with E-state index in [2.05, 4.69) is 10.6 Å². The molecule has 3 saturated heterocycles. The highest BCUT2D eigenvalue weighted by molar-refractivity contribution is 5.99. The van der Waals surface area contributed by atoms with E-state index in [9.17, 15) is 14.4 Å². The molecular weight excluding hydrogens is 458 g/mol. The van der Waals surface area contributed by atoms with Crippen LogP contribution in [0.4, 0.5) is 0 Å². The smallest absolute Gasteiger partial charge is 0.246 e. The molecule has 4 rings (SSSR count). The number of rotatable bonds is 10. The van der Waals surface area contributed by atoms with Gasteiger partial charge in [0, 0.05) is 25.2 Å². The van der Waals surface area contributed by atoms with Gasteiger partial charge in [-0.25, -0.2) is 0 Å². The lowest BCUT2D eigenvalue weighted by molar-refractivity contribution is -0.148. The van der Waals surface area contributed by atoms with Crippen LogP contribution in [-0.4, -0.2) is 63.7 Å². The van der Waals surface area contributed by atoms with Gasteiger partial charge in [0.05, 0.1) is 17.4 Å². The van der Waals surface area contributed by atoms with Crippen molar-refractivity contribution in [2.24, 2.45) is 11.8 Å². The summed E-state index contributed by atoms with van der Waals surface area (Å²) < 4.78 is 6.76. The van der Waals surface area contributed by atoms with Crippen molar-refractivity contribution in [2.75, 3.05) is 13.2 Å². The molecule has 3 heterocycles. The third-order valence-corrected chi connectivity index (χ3v) is 8.08. The highest BCUT2D eigenvalue weighted by Crippen LogP contribution is 2.64. The molecule has 198 valence electrons. The van der Waals surface area contributed by atoms with Gasteiger partial charge in [-0.05, 0) is 64.9 Å². The topological polar surface area (TPSA) is 108 Å². The normalized spacial score (nSPS) is 31.0. The van der Waals surface area contributed by atoms with Gasteiger partial charge in [0.2, 0.25) is 17.7 Å². The maximum Gasteiger partial charge on any atom is 0.246 e. The number of nitrogens with zero attached hydrogens (tertiary/aromatic N) is 1. The van der Waals surface area contributed by atoms with Gasteiger partial charge >= 0.3 is 0 Å². The molecule has 0 saturated carbocycles. The second-order valence-corrected chi connectivity index (χ2v) is 11.6. The highest BCUT2D eigenvalue weighted by atomic mass is 16.5. The molecule has 0 aromatic heterocycles. The van der Waals surface area contributed by atoms with E-state index in [0.717, 1.165) is 12.0 Å². The maximum absolute atomic E-state index is 14.0. The number of aliphatic hydroxyl groups is 1. The number of hydrogen-bond donors (Lipinski definition) is 3. The average molecular weight is 500 g/mol. The van der Waals surface area contributed by atoms with Gasteiger partial charge in [-0.3, -0.25) is 14.4 Å². The maximum atomic E-state index is 14.0. The summed E-state index contributed by atoms with van der Waals surface area (Å²) in [5.41, 5.74) is -1.23. The van der Waals surface area contributed by atoms with Crippen LogP contribution in [0.3, 0.4) is 0 Å². The fourth-order valence-electron chi connectivity index (χ4n) is 6.56. The molecule has 0 radical (unpaired) electrons. The van der Waals surface area contributed by atoms with E-state index in [1.54, 1.807) is 4.90 Å². The predicted octanol–water partition coefficient (Wildman–Crippen LogP) is 2.53. The minimum Gasteiger partial charge on any atom is -0.396 e. The molecule has 5 atom stereocenters. The van der Waals surface area contributed by atoms with Crippen LogP contribution in [0.5, 0.6) is 0 Å². The number of aliphatic hydroxyl groups excluding tert-OH is 1. The van der Waals surface area contributed by atoms with Crippen LogP contribution >= 0.6 is 0 Å². The molecule has 36 heavy (non-hydrogen) atoms. The third kappa shape index (κ3) is 4.65. The molecule has 3 N–H and O–H groups in total. The molecule has 2 unspecified atom stereocenters. The van der Waals surface area contributed by atoms with Crippen LogP contribution in [0.2, 0.25) is 0 Å². The standard InChI is InChI=1S/C28H41N3O5/c1-5-27-14-15-28(36-27)21(20(27)23(33)29-18-19-12-8-6-9-13-19)25(35)31(16-10-7-11-17-32)22(28)24(34)30-26(2,3)4/h6,8-9,12-13,20-22,32H,5,7,10-11,14-18H2,1-4H3,(H,29,33)(H,30,34)/t20-,21+,22?,27+,28?/m1/s1. The first kappa shape index (κ1) is 26.6. The van der Waals surface area contributed by atoms with Crippen molar-refractivity contribution in [3.05, 3.63) is 35.9 Å². The second-order valence-electron chi connectivity index (χ2n) is 11.6. The van der Waals surface area contributed by atoms with E-state index in [0.29, 0.717) is 45.2 Å². The Morgan fingerprint density at radius 3 is 2.47 bits per heavy atom. The van der Waals surface area contributed by atoms with Gasteiger partial charge in [0.15, 0.2) is 0 Å². The first-order valence-electron chi connectivity index (χ1n) is 13.3. The lowest BCUT2D eigenvalue weighted by atomic mass is 9.65. The lowest BCUT2D eigenvalue weighted by Crippen LogP contribution is -2.58. The largest absolute Gasteiger partial charge is 0.396 e. The van der Waals surface area contributed by atoms with E-state index in [1.165, 1.54) is 0 Å². The number of amides is 3. The molecule has 8 nitrogen and oxygen atoms in total. The Hall–Kier alpha value is -2.45. The number of ether oxygens (including phenoxy) is 1. The Balaban J connectivity index is 1.65. The van der Waals surface area contributed by atoms with Crippen molar-refractivity contribution in [1.82, 2.24) is 15.5 Å². The van der Waals surface area contributed by atoms with Crippen molar-refractivity contribution < 1.29 is 24.2 Å². The molecule has 1 aromatic rings. The monoisotopic (exact) mass is 499 g/mol. The second kappa shape index (κ2) is 10.1. The number of benzene rings is 1. The lowest BCUT2D eigenvalue weighted by Gasteiger charge is -2.35. The van der Waals surface area contributed by atoms with Crippen molar-refractivity contribution in [1.29, 1.82) is 0 Å². The van der Waals surface area contributed by atoms with Gasteiger partial charge in [0.25, 0.3) is 0 Å². The summed E-state index contributed by atoms with van der Waals surface area (Å²) in [5, 5.41) is 15.3. The van der Waals surface area contributed by atoms with Gasteiger partial charge in [0.1, 0.15) is 11.6 Å². The van der Waals surface area contributed by atoms with Crippen LogP contribution < -0.4 is 10.6 Å². The number of likely N-dealkylation sites (tertiary alicyclic amines) is 1. The molecule has 1 spiro atoms. The Kier molecular flexibility index (Phi) is 7.49. The van der Waals surface area contributed by atoms with E-state index in [1.807, 2.05) is 58.0 Å². The summed E-state index contributed by atoms with van der Waals surface area (Å²) >= 11 is 0.